The number of rotatable bonds is 2. The van der Waals surface area contributed by atoms with Gasteiger partial charge in [-0.3, -0.25) is 14.5 Å². The zero-order valence-electron chi connectivity index (χ0n) is 13.3. The molecule has 23 heavy (non-hydrogen) atoms. The van der Waals surface area contributed by atoms with E-state index in [1.165, 1.54) is 19.3 Å². The molecule has 0 bridgehead atoms. The molecule has 5 nitrogen and oxygen atoms in total. The van der Waals surface area contributed by atoms with E-state index in [2.05, 4.69) is 15.5 Å². The quantitative estimate of drug-likeness (QED) is 0.876. The Morgan fingerprint density at radius 1 is 1.17 bits per heavy atom. The predicted molar refractivity (Wildman–Crippen MR) is 88.2 cm³/mol. The van der Waals surface area contributed by atoms with Crippen LogP contribution in [0, 0.1) is 0 Å². The fraction of sp³-hybridized carbons (Fsp3) is 0.556. The summed E-state index contributed by atoms with van der Waals surface area (Å²) in [6.07, 6.45) is 4.96. The van der Waals surface area contributed by atoms with Crippen molar-refractivity contribution >= 4 is 17.5 Å². The fourth-order valence-electron chi connectivity index (χ4n) is 4.34. The van der Waals surface area contributed by atoms with Crippen molar-refractivity contribution < 1.29 is 9.59 Å². The Morgan fingerprint density at radius 2 is 2.04 bits per heavy atom. The van der Waals surface area contributed by atoms with E-state index in [0.29, 0.717) is 6.04 Å². The molecule has 122 valence electrons. The number of nitrogens with one attached hydrogen (secondary N) is 2. The number of nitrogens with zero attached hydrogens (tertiary/aromatic N) is 1. The van der Waals surface area contributed by atoms with Gasteiger partial charge in [0.05, 0.1) is 5.92 Å². The molecule has 1 aromatic rings. The summed E-state index contributed by atoms with van der Waals surface area (Å²) in [6.45, 7) is 2.24. The first-order valence-electron chi connectivity index (χ1n) is 8.65. The Labute approximate surface area is 136 Å². The molecule has 2 amide bonds. The highest BCUT2D eigenvalue weighted by Gasteiger charge is 2.38. The first-order chi connectivity index (χ1) is 11.2. The normalized spacial score (nSPS) is 30.3. The summed E-state index contributed by atoms with van der Waals surface area (Å²) < 4.78 is 0. The van der Waals surface area contributed by atoms with Gasteiger partial charge in [-0.1, -0.05) is 24.6 Å². The van der Waals surface area contributed by atoms with E-state index in [9.17, 15) is 9.59 Å². The van der Waals surface area contributed by atoms with E-state index >= 15 is 0 Å². The largest absolute Gasteiger partial charge is 0.351 e. The second kappa shape index (κ2) is 5.96. The third kappa shape index (κ3) is 2.74. The van der Waals surface area contributed by atoms with E-state index in [4.69, 9.17) is 0 Å². The van der Waals surface area contributed by atoms with Crippen molar-refractivity contribution in [2.24, 2.45) is 0 Å². The molecular weight excluding hydrogens is 290 g/mol. The minimum atomic E-state index is -0.363. The van der Waals surface area contributed by atoms with Gasteiger partial charge in [-0.2, -0.15) is 0 Å². The summed E-state index contributed by atoms with van der Waals surface area (Å²) in [5, 5.41) is 6.11. The number of amides is 2. The van der Waals surface area contributed by atoms with Gasteiger partial charge in [0, 0.05) is 30.7 Å². The molecule has 4 rings (SSSR count). The molecule has 0 unspecified atom stereocenters. The van der Waals surface area contributed by atoms with Crippen molar-refractivity contribution in [2.45, 2.75) is 50.1 Å². The Morgan fingerprint density at radius 3 is 2.96 bits per heavy atom. The number of hydrogen-bond acceptors (Lipinski definition) is 3. The van der Waals surface area contributed by atoms with Crippen LogP contribution in [-0.2, 0) is 9.59 Å². The van der Waals surface area contributed by atoms with Gasteiger partial charge in [-0.25, -0.2) is 0 Å². The van der Waals surface area contributed by atoms with Crippen LogP contribution in [0.4, 0.5) is 5.69 Å². The molecule has 2 N–H and O–H groups in total. The minimum Gasteiger partial charge on any atom is -0.351 e. The van der Waals surface area contributed by atoms with Gasteiger partial charge in [0.2, 0.25) is 11.8 Å². The third-order valence-electron chi connectivity index (χ3n) is 5.50. The zero-order valence-corrected chi connectivity index (χ0v) is 13.3. The van der Waals surface area contributed by atoms with Gasteiger partial charge in [0.25, 0.3) is 0 Å². The number of carbonyl (C=O) groups is 2. The van der Waals surface area contributed by atoms with Crippen molar-refractivity contribution in [3.8, 4) is 0 Å². The van der Waals surface area contributed by atoms with Crippen molar-refractivity contribution in [1.29, 1.82) is 0 Å². The number of benzene rings is 1. The van der Waals surface area contributed by atoms with Crippen LogP contribution in [0.25, 0.3) is 0 Å². The number of fused-ring (bicyclic) bond motifs is 2. The number of hydrogen-bond donors (Lipinski definition) is 2. The highest BCUT2D eigenvalue weighted by atomic mass is 16.2. The zero-order chi connectivity index (χ0) is 15.8. The molecule has 0 saturated carbocycles. The van der Waals surface area contributed by atoms with E-state index in [1.807, 2.05) is 24.3 Å². The Hall–Kier alpha value is -1.88. The van der Waals surface area contributed by atoms with Crippen molar-refractivity contribution in [3.63, 3.8) is 0 Å². The second-order valence-corrected chi connectivity index (χ2v) is 6.89. The molecule has 2 fully saturated rings. The molecule has 0 aliphatic carbocycles. The number of para-hydroxylation sites is 1. The van der Waals surface area contributed by atoms with Gasteiger partial charge >= 0.3 is 0 Å². The van der Waals surface area contributed by atoms with Gasteiger partial charge in [-0.05, 0) is 37.4 Å². The number of carbonyl (C=O) groups excluding carboxylic acids is 2. The monoisotopic (exact) mass is 313 g/mol. The molecule has 0 spiro atoms. The highest BCUT2D eigenvalue weighted by Crippen LogP contribution is 2.33. The lowest BCUT2D eigenvalue weighted by Crippen LogP contribution is -2.48. The first-order valence-corrected chi connectivity index (χ1v) is 8.65. The molecule has 3 aliphatic rings. The molecule has 3 aliphatic heterocycles. The molecule has 5 heteroatoms. The van der Waals surface area contributed by atoms with Crippen LogP contribution in [0.5, 0.6) is 0 Å². The molecule has 2 saturated heterocycles. The number of anilines is 1. The Kier molecular flexibility index (Phi) is 3.81. The summed E-state index contributed by atoms with van der Waals surface area (Å²) in [5.74, 6) is -0.433. The van der Waals surface area contributed by atoms with Gasteiger partial charge in [-0.15, -0.1) is 0 Å². The maximum Gasteiger partial charge on any atom is 0.228 e. The van der Waals surface area contributed by atoms with Crippen LogP contribution in [0.15, 0.2) is 24.3 Å². The summed E-state index contributed by atoms with van der Waals surface area (Å²) in [5.41, 5.74) is 1.71. The van der Waals surface area contributed by atoms with Gasteiger partial charge in [0.1, 0.15) is 0 Å². The van der Waals surface area contributed by atoms with Crippen LogP contribution in [0.2, 0.25) is 0 Å². The Balaban J connectivity index is 1.50. The highest BCUT2D eigenvalue weighted by molar-refractivity contribution is 6.01. The molecule has 1 aromatic carbocycles. The smallest absolute Gasteiger partial charge is 0.228 e. The van der Waals surface area contributed by atoms with E-state index in [0.717, 1.165) is 30.8 Å². The van der Waals surface area contributed by atoms with Crippen LogP contribution in [0.3, 0.4) is 0 Å². The lowest BCUT2D eigenvalue weighted by atomic mass is 9.89. The summed E-state index contributed by atoms with van der Waals surface area (Å²) in [4.78, 5) is 27.2. The van der Waals surface area contributed by atoms with Crippen LogP contribution >= 0.6 is 0 Å². The maximum absolute atomic E-state index is 12.8. The van der Waals surface area contributed by atoms with Crippen LogP contribution in [-0.4, -0.2) is 41.9 Å². The molecule has 0 aromatic heterocycles. The molecule has 3 heterocycles. The van der Waals surface area contributed by atoms with E-state index < -0.39 is 0 Å². The van der Waals surface area contributed by atoms with Crippen molar-refractivity contribution in [2.75, 3.05) is 18.4 Å². The minimum absolute atomic E-state index is 0.00437. The SMILES string of the molecule is O=C1C[C@H](C(=O)N[C@@H]2CCN3CCCC[C@H]23)c2ccccc2N1. The van der Waals surface area contributed by atoms with Crippen molar-refractivity contribution in [3.05, 3.63) is 29.8 Å². The third-order valence-corrected chi connectivity index (χ3v) is 5.50. The summed E-state index contributed by atoms with van der Waals surface area (Å²) in [7, 11) is 0. The van der Waals surface area contributed by atoms with Crippen LogP contribution in [0.1, 0.15) is 43.6 Å². The fourth-order valence-corrected chi connectivity index (χ4v) is 4.34. The summed E-state index contributed by atoms with van der Waals surface area (Å²) >= 11 is 0. The standard InChI is InChI=1S/C18H23N3O2/c22-17-11-13(12-5-1-2-6-14(12)19-17)18(23)20-15-8-10-21-9-4-3-7-16(15)21/h1-2,5-6,13,15-16H,3-4,7-11H2,(H,19,22)(H,20,23)/t13-,15+,16+/m0/s1. The lowest BCUT2D eigenvalue weighted by molar-refractivity contribution is -0.127. The molecular formula is C18H23N3O2. The average molecular weight is 313 g/mol. The average Bonchev–Trinajstić information content (AvgIpc) is 2.97. The topological polar surface area (TPSA) is 61.4 Å². The lowest BCUT2D eigenvalue weighted by Gasteiger charge is -2.33. The second-order valence-electron chi connectivity index (χ2n) is 6.89. The van der Waals surface area contributed by atoms with Gasteiger partial charge < -0.3 is 10.6 Å². The molecule has 3 atom stereocenters. The van der Waals surface area contributed by atoms with Crippen LogP contribution < -0.4 is 10.6 Å². The number of piperidine rings is 1. The van der Waals surface area contributed by atoms with E-state index in [1.54, 1.807) is 0 Å². The van der Waals surface area contributed by atoms with Crippen molar-refractivity contribution in [1.82, 2.24) is 10.2 Å². The predicted octanol–water partition coefficient (Wildman–Crippen LogP) is 1.86. The Bertz CT molecular complexity index is 630. The maximum atomic E-state index is 12.8. The first kappa shape index (κ1) is 14.7. The van der Waals surface area contributed by atoms with Gasteiger partial charge in [0.15, 0.2) is 0 Å². The summed E-state index contributed by atoms with van der Waals surface area (Å²) in [6, 6.07) is 8.34. The van der Waals surface area contributed by atoms with E-state index in [-0.39, 0.29) is 30.2 Å². The molecule has 0 radical (unpaired) electrons.